The van der Waals surface area contributed by atoms with Crippen LogP contribution in [0.5, 0.6) is 11.6 Å². The number of nitrogens with zero attached hydrogens (tertiary/aromatic N) is 3. The predicted octanol–water partition coefficient (Wildman–Crippen LogP) is 3.62. The van der Waals surface area contributed by atoms with Crippen LogP contribution >= 0.6 is 0 Å². The second-order valence-corrected chi connectivity index (χ2v) is 8.62. The lowest BCUT2D eigenvalue weighted by atomic mass is 9.76. The molecule has 0 saturated carbocycles. The monoisotopic (exact) mass is 437 g/mol. The molecule has 9 heteroatoms. The molecule has 1 fully saturated rings. The molecule has 1 aliphatic heterocycles. The third-order valence-corrected chi connectivity index (χ3v) is 5.86. The van der Waals surface area contributed by atoms with Gasteiger partial charge in [0.15, 0.2) is 0 Å². The van der Waals surface area contributed by atoms with Crippen LogP contribution in [-0.4, -0.2) is 56.9 Å². The molecule has 0 bridgehead atoms. The van der Waals surface area contributed by atoms with Gasteiger partial charge in [-0.05, 0) is 57.4 Å². The van der Waals surface area contributed by atoms with Crippen LogP contribution in [-0.2, 0) is 14.0 Å². The Bertz CT molecular complexity index is 1020. The lowest BCUT2D eigenvalue weighted by Gasteiger charge is -2.32. The maximum absolute atomic E-state index is 11.8. The van der Waals surface area contributed by atoms with E-state index in [2.05, 4.69) is 9.83 Å². The maximum Gasteiger partial charge on any atom is 0.495 e. The molecule has 8 nitrogen and oxygen atoms in total. The number of benzene rings is 1. The molecule has 1 saturated heterocycles. The van der Waals surface area contributed by atoms with Crippen LogP contribution in [0.2, 0.25) is 0 Å². The summed E-state index contributed by atoms with van der Waals surface area (Å²) in [6.07, 6.45) is 0.757. The Labute approximate surface area is 189 Å². The zero-order valence-corrected chi connectivity index (χ0v) is 19.3. The summed E-state index contributed by atoms with van der Waals surface area (Å²) in [6, 6.07) is 8.43. The Morgan fingerprint density at radius 2 is 1.88 bits per heavy atom. The zero-order valence-electron chi connectivity index (χ0n) is 19.3. The normalized spacial score (nSPS) is 16.5. The number of carbonyl (C=O) groups excluding carboxylic acids is 1. The van der Waals surface area contributed by atoms with E-state index >= 15 is 0 Å². The van der Waals surface area contributed by atoms with Crippen LogP contribution in [0, 0.1) is 6.57 Å². The first-order valence-corrected chi connectivity index (χ1v) is 10.3. The van der Waals surface area contributed by atoms with Gasteiger partial charge in [-0.1, -0.05) is 6.07 Å². The van der Waals surface area contributed by atoms with Gasteiger partial charge in [-0.3, -0.25) is 4.79 Å². The number of hydrogen-bond acceptors (Lipinski definition) is 7. The average Bonchev–Trinajstić information content (AvgIpc) is 2.98. The number of carbonyl (C=O) groups is 1. The van der Waals surface area contributed by atoms with E-state index in [1.54, 1.807) is 37.4 Å². The van der Waals surface area contributed by atoms with E-state index in [9.17, 15) is 4.79 Å². The highest BCUT2D eigenvalue weighted by atomic mass is 16.7. The van der Waals surface area contributed by atoms with Crippen molar-refractivity contribution in [2.24, 2.45) is 0 Å². The fourth-order valence-electron chi connectivity index (χ4n) is 3.21. The summed E-state index contributed by atoms with van der Waals surface area (Å²) in [5, 5.41) is 0. The summed E-state index contributed by atoms with van der Waals surface area (Å²) in [6.45, 7) is 16.3. The summed E-state index contributed by atoms with van der Waals surface area (Å²) in [7, 11) is 2.81. The number of likely N-dealkylation sites (N-methyl/N-ethyl adjacent to an activating group) is 1. The highest BCUT2D eigenvalue weighted by molar-refractivity contribution is 6.63. The summed E-state index contributed by atoms with van der Waals surface area (Å²) >= 11 is 0. The van der Waals surface area contributed by atoms with Crippen molar-refractivity contribution in [1.82, 2.24) is 4.98 Å². The van der Waals surface area contributed by atoms with Crippen molar-refractivity contribution in [3.05, 3.63) is 47.3 Å². The van der Waals surface area contributed by atoms with Crippen LogP contribution in [0.15, 0.2) is 30.3 Å². The van der Waals surface area contributed by atoms with Gasteiger partial charge in [-0.15, -0.1) is 0 Å². The van der Waals surface area contributed by atoms with Gasteiger partial charge in [0.2, 0.25) is 11.6 Å². The van der Waals surface area contributed by atoms with Crippen LogP contribution in [0.3, 0.4) is 0 Å². The van der Waals surface area contributed by atoms with Crippen molar-refractivity contribution < 1.29 is 23.6 Å². The number of rotatable bonds is 8. The van der Waals surface area contributed by atoms with Crippen molar-refractivity contribution in [2.45, 2.75) is 38.9 Å². The molecule has 0 radical (unpaired) electrons. The van der Waals surface area contributed by atoms with E-state index in [0.717, 1.165) is 6.29 Å². The Kier molecular flexibility index (Phi) is 6.89. The van der Waals surface area contributed by atoms with Crippen LogP contribution in [0.4, 0.5) is 11.5 Å². The van der Waals surface area contributed by atoms with E-state index in [4.69, 9.17) is 25.4 Å². The fraction of sp³-hybridized carbons (Fsp3) is 0.435. The van der Waals surface area contributed by atoms with Crippen molar-refractivity contribution in [2.75, 3.05) is 32.2 Å². The first-order chi connectivity index (χ1) is 15.1. The first-order valence-electron chi connectivity index (χ1n) is 10.3. The Morgan fingerprint density at radius 3 is 2.47 bits per heavy atom. The predicted molar refractivity (Wildman–Crippen MR) is 123 cm³/mol. The van der Waals surface area contributed by atoms with Gasteiger partial charge in [0, 0.05) is 26.3 Å². The molecule has 0 N–H and O–H groups in total. The number of anilines is 1. The van der Waals surface area contributed by atoms with Gasteiger partial charge < -0.3 is 23.7 Å². The third-order valence-electron chi connectivity index (χ3n) is 5.86. The molecule has 2 aromatic rings. The van der Waals surface area contributed by atoms with Gasteiger partial charge >= 0.3 is 7.12 Å². The van der Waals surface area contributed by atoms with Gasteiger partial charge in [-0.2, -0.15) is 0 Å². The van der Waals surface area contributed by atoms with Crippen LogP contribution < -0.4 is 15.1 Å². The summed E-state index contributed by atoms with van der Waals surface area (Å²) in [5.74, 6) is 1.26. The Hall–Kier alpha value is -2.93. The van der Waals surface area contributed by atoms with Crippen molar-refractivity contribution in [3.8, 4) is 11.6 Å². The molecule has 2 heterocycles. The lowest BCUT2D eigenvalue weighted by molar-refractivity contribution is 0.00578. The molecule has 168 valence electrons. The lowest BCUT2D eigenvalue weighted by Crippen LogP contribution is -2.41. The van der Waals surface area contributed by atoms with E-state index in [0.29, 0.717) is 47.3 Å². The molecule has 1 aromatic heterocycles. The zero-order chi connectivity index (χ0) is 23.5. The number of aromatic nitrogens is 1. The molecule has 3 rings (SSSR count). The maximum atomic E-state index is 11.8. The van der Waals surface area contributed by atoms with Gasteiger partial charge in [0.25, 0.3) is 0 Å². The molecule has 0 amide bonds. The molecule has 0 aliphatic carbocycles. The minimum Gasteiger partial charge on any atom is -0.439 e. The quantitative estimate of drug-likeness (QED) is 0.355. The fourth-order valence-corrected chi connectivity index (χ4v) is 3.21. The highest BCUT2D eigenvalue weighted by Crippen LogP contribution is 2.37. The number of methoxy groups -OCH3 is 1. The van der Waals surface area contributed by atoms with Crippen LogP contribution in [0.25, 0.3) is 4.85 Å². The first kappa shape index (κ1) is 23.7. The van der Waals surface area contributed by atoms with Gasteiger partial charge in [0.1, 0.15) is 17.9 Å². The molecule has 1 aromatic carbocycles. The van der Waals surface area contributed by atoms with E-state index in [-0.39, 0.29) is 0 Å². The van der Waals surface area contributed by atoms with Crippen molar-refractivity contribution in [3.63, 3.8) is 0 Å². The van der Waals surface area contributed by atoms with E-state index in [1.165, 1.54) is 0 Å². The SMILES string of the molecule is [C-]#[N+]c1ccc(Oc2ccc(B3OC(C)(C)C(C)(C)O3)c(C=O)c2)nc1N(C)CCOC. The van der Waals surface area contributed by atoms with Crippen molar-refractivity contribution in [1.29, 1.82) is 0 Å². The van der Waals surface area contributed by atoms with E-state index < -0.39 is 18.3 Å². The molecule has 0 spiro atoms. The number of pyridine rings is 1. The average molecular weight is 437 g/mol. The summed E-state index contributed by atoms with van der Waals surface area (Å²) < 4.78 is 23.2. The van der Waals surface area contributed by atoms with Gasteiger partial charge in [-0.25, -0.2) is 9.83 Å². The highest BCUT2D eigenvalue weighted by Gasteiger charge is 2.52. The van der Waals surface area contributed by atoms with E-state index in [1.807, 2.05) is 39.6 Å². The number of hydrogen-bond donors (Lipinski definition) is 0. The second kappa shape index (κ2) is 9.29. The Morgan fingerprint density at radius 1 is 1.19 bits per heavy atom. The summed E-state index contributed by atoms with van der Waals surface area (Å²) in [4.78, 5) is 21.7. The minimum atomic E-state index is -0.647. The second-order valence-electron chi connectivity index (χ2n) is 8.62. The molecule has 1 aliphatic rings. The van der Waals surface area contributed by atoms with Crippen molar-refractivity contribution >= 4 is 30.4 Å². The Balaban J connectivity index is 1.85. The minimum absolute atomic E-state index is 0.317. The smallest absolute Gasteiger partial charge is 0.439 e. The molecule has 0 atom stereocenters. The molecular weight excluding hydrogens is 409 g/mol. The molecular formula is C23H28BN3O5. The number of ether oxygens (including phenoxy) is 2. The topological polar surface area (TPSA) is 74.5 Å². The van der Waals surface area contributed by atoms with Gasteiger partial charge in [0.05, 0.1) is 24.4 Å². The largest absolute Gasteiger partial charge is 0.495 e. The number of aldehydes is 1. The molecule has 0 unspecified atom stereocenters. The molecule has 32 heavy (non-hydrogen) atoms. The standard InChI is InChI=1S/C23H28BN3O5/c1-22(2)23(3,4)32-24(31-22)18-9-8-17(14-16(18)15-28)30-20-11-10-19(25-5)21(26-20)27(6)12-13-29-7/h8-11,14-15H,12-13H2,1-4,6-7H3. The third kappa shape index (κ3) is 4.78. The summed E-state index contributed by atoms with van der Waals surface area (Å²) in [5.41, 5.74) is 0.457. The van der Waals surface area contributed by atoms with Crippen LogP contribution in [0.1, 0.15) is 38.1 Å².